The maximum Gasteiger partial charge on any atom is 0.258 e. The first-order valence-electron chi connectivity index (χ1n) is 6.25. The van der Waals surface area contributed by atoms with Gasteiger partial charge in [-0.1, -0.05) is 11.8 Å². The molecule has 0 bridgehead atoms. The lowest BCUT2D eigenvalue weighted by Gasteiger charge is -2.04. The van der Waals surface area contributed by atoms with Crippen LogP contribution in [0, 0.1) is 31.5 Å². The lowest BCUT2D eigenvalue weighted by atomic mass is 10.1. The first kappa shape index (κ1) is 15.2. The van der Waals surface area contributed by atoms with Crippen LogP contribution in [0.2, 0.25) is 0 Å². The van der Waals surface area contributed by atoms with E-state index in [-0.39, 0.29) is 12.5 Å². The van der Waals surface area contributed by atoms with E-state index in [9.17, 15) is 9.18 Å². The molecule has 0 aliphatic rings. The zero-order chi connectivity index (χ0) is 15.4. The molecular formula is C15H14FN3OS. The Labute approximate surface area is 126 Å². The lowest BCUT2D eigenvalue weighted by Crippen LogP contribution is -2.13. The van der Waals surface area contributed by atoms with E-state index in [4.69, 9.17) is 5.73 Å². The number of rotatable bonds is 2. The molecule has 0 aliphatic carbocycles. The summed E-state index contributed by atoms with van der Waals surface area (Å²) in [5, 5.41) is 3.21. The Balaban J connectivity index is 2.30. The molecule has 3 N–H and O–H groups in total. The fourth-order valence-corrected chi connectivity index (χ4v) is 2.46. The van der Waals surface area contributed by atoms with Crippen LogP contribution in [0.1, 0.15) is 26.5 Å². The molecule has 2 rings (SSSR count). The van der Waals surface area contributed by atoms with Gasteiger partial charge in [0.05, 0.1) is 17.8 Å². The maximum absolute atomic E-state index is 13.3. The second-order valence-corrected chi connectivity index (χ2v) is 5.51. The third-order valence-electron chi connectivity index (χ3n) is 2.80. The number of halogens is 1. The molecule has 0 aliphatic heterocycles. The van der Waals surface area contributed by atoms with Crippen molar-refractivity contribution >= 4 is 22.4 Å². The number of thiazole rings is 1. The fourth-order valence-electron chi connectivity index (χ4n) is 1.65. The molecule has 0 spiro atoms. The van der Waals surface area contributed by atoms with Gasteiger partial charge in [-0.3, -0.25) is 10.1 Å². The topological polar surface area (TPSA) is 68.0 Å². The second kappa shape index (κ2) is 6.48. The number of amides is 1. The van der Waals surface area contributed by atoms with Crippen molar-refractivity contribution in [3.8, 4) is 11.8 Å². The molecule has 0 fully saturated rings. The van der Waals surface area contributed by atoms with E-state index in [2.05, 4.69) is 22.1 Å². The van der Waals surface area contributed by atoms with Crippen LogP contribution in [-0.2, 0) is 0 Å². The van der Waals surface area contributed by atoms with E-state index in [1.54, 1.807) is 0 Å². The van der Waals surface area contributed by atoms with Crippen LogP contribution >= 0.6 is 11.3 Å². The van der Waals surface area contributed by atoms with E-state index >= 15 is 0 Å². The van der Waals surface area contributed by atoms with Gasteiger partial charge in [0.2, 0.25) is 0 Å². The highest BCUT2D eigenvalue weighted by molar-refractivity contribution is 7.15. The average Bonchev–Trinajstić information content (AvgIpc) is 2.74. The molecule has 4 nitrogen and oxygen atoms in total. The van der Waals surface area contributed by atoms with E-state index in [0.717, 1.165) is 10.6 Å². The molecule has 1 aromatic heterocycles. The van der Waals surface area contributed by atoms with Crippen molar-refractivity contribution in [2.45, 2.75) is 13.8 Å². The van der Waals surface area contributed by atoms with Gasteiger partial charge < -0.3 is 5.73 Å². The zero-order valence-corrected chi connectivity index (χ0v) is 12.5. The van der Waals surface area contributed by atoms with E-state index in [0.29, 0.717) is 16.3 Å². The second-order valence-electron chi connectivity index (χ2n) is 4.31. The number of nitrogens with two attached hydrogens (primary N) is 1. The first-order valence-corrected chi connectivity index (χ1v) is 7.06. The van der Waals surface area contributed by atoms with Crippen molar-refractivity contribution in [3.63, 3.8) is 0 Å². The van der Waals surface area contributed by atoms with Crippen molar-refractivity contribution in [1.82, 2.24) is 4.98 Å². The number of benzene rings is 1. The van der Waals surface area contributed by atoms with E-state index in [1.165, 1.54) is 29.5 Å². The summed E-state index contributed by atoms with van der Waals surface area (Å²) < 4.78 is 13.3. The molecule has 1 amide bonds. The van der Waals surface area contributed by atoms with Crippen LogP contribution in [0.15, 0.2) is 18.2 Å². The first-order chi connectivity index (χ1) is 10.0. The number of hydrogen-bond acceptors (Lipinski definition) is 4. The number of anilines is 1. The Bertz CT molecular complexity index is 724. The fraction of sp³-hybridized carbons (Fsp3) is 0.200. The Kier molecular flexibility index (Phi) is 4.68. The SMILES string of the molecule is Cc1nc(NC(=O)c2ccc(F)cc2C#CCN)sc1C. The third-order valence-corrected chi connectivity index (χ3v) is 3.79. The summed E-state index contributed by atoms with van der Waals surface area (Å²) in [6.07, 6.45) is 0. The van der Waals surface area contributed by atoms with Gasteiger partial charge >= 0.3 is 0 Å². The van der Waals surface area contributed by atoms with Crippen LogP contribution in [-0.4, -0.2) is 17.4 Å². The number of hydrogen-bond donors (Lipinski definition) is 2. The minimum Gasteiger partial charge on any atom is -0.320 e. The van der Waals surface area contributed by atoms with Crippen molar-refractivity contribution in [3.05, 3.63) is 45.7 Å². The molecule has 0 atom stereocenters. The number of carbonyl (C=O) groups excluding carboxylic acids is 1. The smallest absolute Gasteiger partial charge is 0.258 e. The normalized spacial score (nSPS) is 9.90. The minimum atomic E-state index is -0.450. The maximum atomic E-state index is 13.3. The van der Waals surface area contributed by atoms with Crippen LogP contribution in [0.5, 0.6) is 0 Å². The summed E-state index contributed by atoms with van der Waals surface area (Å²) in [7, 11) is 0. The summed E-state index contributed by atoms with van der Waals surface area (Å²) in [5.41, 5.74) is 6.78. The largest absolute Gasteiger partial charge is 0.320 e. The highest BCUT2D eigenvalue weighted by atomic mass is 32.1. The Morgan fingerprint density at radius 3 is 2.86 bits per heavy atom. The molecule has 0 saturated carbocycles. The van der Waals surface area contributed by atoms with Gasteiger partial charge in [-0.25, -0.2) is 9.37 Å². The Hall–Kier alpha value is -2.23. The summed E-state index contributed by atoms with van der Waals surface area (Å²) in [5.74, 6) is 4.51. The summed E-state index contributed by atoms with van der Waals surface area (Å²) in [6, 6.07) is 3.84. The zero-order valence-electron chi connectivity index (χ0n) is 11.7. The van der Waals surface area contributed by atoms with Crippen LogP contribution in [0.4, 0.5) is 9.52 Å². The monoisotopic (exact) mass is 303 g/mol. The Morgan fingerprint density at radius 2 is 2.24 bits per heavy atom. The molecule has 0 unspecified atom stereocenters. The van der Waals surface area contributed by atoms with Gasteiger partial charge in [0.25, 0.3) is 5.91 Å². The number of carbonyl (C=O) groups is 1. The molecule has 108 valence electrons. The lowest BCUT2D eigenvalue weighted by molar-refractivity contribution is 0.102. The van der Waals surface area contributed by atoms with Gasteiger partial charge in [-0.15, -0.1) is 11.3 Å². The highest BCUT2D eigenvalue weighted by Gasteiger charge is 2.13. The molecular weight excluding hydrogens is 289 g/mol. The van der Waals surface area contributed by atoms with Crippen LogP contribution in [0.25, 0.3) is 0 Å². The third kappa shape index (κ3) is 3.66. The van der Waals surface area contributed by atoms with Crippen LogP contribution in [0.3, 0.4) is 0 Å². The summed E-state index contributed by atoms with van der Waals surface area (Å²) >= 11 is 1.39. The predicted molar refractivity (Wildman–Crippen MR) is 81.9 cm³/mol. The van der Waals surface area contributed by atoms with E-state index < -0.39 is 5.82 Å². The number of nitrogens with zero attached hydrogens (tertiary/aromatic N) is 1. The molecule has 0 saturated heterocycles. The Morgan fingerprint density at radius 1 is 1.48 bits per heavy atom. The van der Waals surface area contributed by atoms with Gasteiger partial charge in [0.1, 0.15) is 5.82 Å². The van der Waals surface area contributed by atoms with Crippen molar-refractivity contribution in [2.75, 3.05) is 11.9 Å². The number of aromatic nitrogens is 1. The van der Waals surface area contributed by atoms with Gasteiger partial charge in [-0.2, -0.15) is 0 Å². The van der Waals surface area contributed by atoms with E-state index in [1.807, 2.05) is 13.8 Å². The van der Waals surface area contributed by atoms with Crippen molar-refractivity contribution in [1.29, 1.82) is 0 Å². The van der Waals surface area contributed by atoms with Gasteiger partial charge in [0, 0.05) is 10.4 Å². The molecule has 1 aromatic carbocycles. The van der Waals surface area contributed by atoms with Gasteiger partial charge in [-0.05, 0) is 32.0 Å². The van der Waals surface area contributed by atoms with Gasteiger partial charge in [0.15, 0.2) is 5.13 Å². The van der Waals surface area contributed by atoms with Crippen molar-refractivity contribution in [2.24, 2.45) is 5.73 Å². The summed E-state index contributed by atoms with van der Waals surface area (Å²) in [4.78, 5) is 17.5. The molecule has 2 aromatic rings. The van der Waals surface area contributed by atoms with Crippen LogP contribution < -0.4 is 11.1 Å². The minimum absolute atomic E-state index is 0.141. The quantitative estimate of drug-likeness (QED) is 0.837. The molecule has 6 heteroatoms. The standard InChI is InChI=1S/C15H14FN3OS/c1-9-10(2)21-15(18-9)19-14(20)13-6-5-12(16)8-11(13)4-3-7-17/h5-6,8H,7,17H2,1-2H3,(H,18,19,20). The predicted octanol–water partition coefficient (Wildman–Crippen LogP) is 2.46. The molecule has 1 heterocycles. The van der Waals surface area contributed by atoms with Crippen molar-refractivity contribution < 1.29 is 9.18 Å². The number of nitrogens with one attached hydrogen (secondary N) is 1. The number of aryl methyl sites for hydroxylation is 2. The summed E-state index contributed by atoms with van der Waals surface area (Å²) in [6.45, 7) is 3.94. The molecule has 21 heavy (non-hydrogen) atoms. The average molecular weight is 303 g/mol. The molecule has 0 radical (unpaired) electrons. The highest BCUT2D eigenvalue weighted by Crippen LogP contribution is 2.22.